The van der Waals surface area contributed by atoms with E-state index in [1.54, 1.807) is 19.1 Å². The van der Waals surface area contributed by atoms with E-state index in [0.717, 1.165) is 0 Å². The molecule has 1 unspecified atom stereocenters. The van der Waals surface area contributed by atoms with Gasteiger partial charge in [-0.2, -0.15) is 0 Å². The summed E-state index contributed by atoms with van der Waals surface area (Å²) in [6.07, 6.45) is -0.446. The van der Waals surface area contributed by atoms with Gasteiger partial charge in [0.05, 0.1) is 0 Å². The number of amides is 2. The minimum Gasteiger partial charge on any atom is -0.508 e. The van der Waals surface area contributed by atoms with Crippen molar-refractivity contribution in [3.05, 3.63) is 24.3 Å². The first-order chi connectivity index (χ1) is 7.97. The molecule has 17 heavy (non-hydrogen) atoms. The molecule has 0 spiro atoms. The molecule has 5 heteroatoms. The summed E-state index contributed by atoms with van der Waals surface area (Å²) in [5.74, 6) is 0.760. The minimum absolute atomic E-state index is 0.0795. The van der Waals surface area contributed by atoms with Crippen molar-refractivity contribution in [1.29, 1.82) is 0 Å². The fourth-order valence-electron chi connectivity index (χ4n) is 1.25. The molecule has 1 aromatic carbocycles. The molecule has 5 nitrogen and oxygen atoms in total. The second-order valence-electron chi connectivity index (χ2n) is 4.03. The Hall–Kier alpha value is -1.91. The summed E-state index contributed by atoms with van der Waals surface area (Å²) in [6.45, 7) is 5.49. The third-order valence-electron chi connectivity index (χ3n) is 1.90. The normalized spacial score (nSPS) is 12.0. The van der Waals surface area contributed by atoms with Crippen molar-refractivity contribution in [2.45, 2.75) is 33.0 Å². The van der Waals surface area contributed by atoms with Crippen LogP contribution in [0.25, 0.3) is 0 Å². The lowest BCUT2D eigenvalue weighted by Crippen LogP contribution is -2.45. The summed E-state index contributed by atoms with van der Waals surface area (Å²) in [7, 11) is 0. The number of hydrogen-bond donors (Lipinski definition) is 3. The van der Waals surface area contributed by atoms with Crippen LogP contribution in [0.2, 0.25) is 0 Å². The molecule has 1 atom stereocenters. The van der Waals surface area contributed by atoms with Crippen LogP contribution in [-0.2, 0) is 0 Å². The SMILES string of the molecule is CC(C)NC(=O)NC(C)Oc1ccc(O)cc1. The first-order valence-corrected chi connectivity index (χ1v) is 5.50. The summed E-state index contributed by atoms with van der Waals surface area (Å²) >= 11 is 0. The van der Waals surface area contributed by atoms with E-state index >= 15 is 0 Å². The summed E-state index contributed by atoms with van der Waals surface area (Å²) in [4.78, 5) is 11.4. The van der Waals surface area contributed by atoms with E-state index in [0.29, 0.717) is 5.75 Å². The number of aromatic hydroxyl groups is 1. The van der Waals surface area contributed by atoms with Gasteiger partial charge in [0, 0.05) is 6.04 Å². The standard InChI is InChI=1S/C12H18N2O3/c1-8(2)13-12(16)14-9(3)17-11-6-4-10(15)5-7-11/h4-9,15H,1-3H3,(H2,13,14,16). The van der Waals surface area contributed by atoms with Crippen molar-refractivity contribution in [3.63, 3.8) is 0 Å². The number of ether oxygens (including phenoxy) is 1. The molecule has 0 bridgehead atoms. The topological polar surface area (TPSA) is 70.6 Å². The van der Waals surface area contributed by atoms with Crippen LogP contribution in [0.1, 0.15) is 20.8 Å². The Balaban J connectivity index is 2.41. The van der Waals surface area contributed by atoms with Crippen molar-refractivity contribution in [2.75, 3.05) is 0 Å². The van der Waals surface area contributed by atoms with Crippen molar-refractivity contribution in [1.82, 2.24) is 10.6 Å². The van der Waals surface area contributed by atoms with Crippen LogP contribution < -0.4 is 15.4 Å². The summed E-state index contributed by atoms with van der Waals surface area (Å²) in [5.41, 5.74) is 0. The van der Waals surface area contributed by atoms with Gasteiger partial charge in [0.2, 0.25) is 0 Å². The molecule has 0 aliphatic heterocycles. The van der Waals surface area contributed by atoms with Gasteiger partial charge in [0.1, 0.15) is 11.5 Å². The molecule has 0 aliphatic carbocycles. The highest BCUT2D eigenvalue weighted by Crippen LogP contribution is 2.16. The molecule has 1 aromatic rings. The molecule has 94 valence electrons. The van der Waals surface area contributed by atoms with Gasteiger partial charge in [-0.3, -0.25) is 0 Å². The Morgan fingerprint density at radius 1 is 1.18 bits per heavy atom. The molecule has 0 fully saturated rings. The van der Waals surface area contributed by atoms with Crippen LogP contribution in [0.3, 0.4) is 0 Å². The first kappa shape index (κ1) is 13.2. The van der Waals surface area contributed by atoms with E-state index in [1.165, 1.54) is 12.1 Å². The molecule has 3 N–H and O–H groups in total. The monoisotopic (exact) mass is 238 g/mol. The Morgan fingerprint density at radius 3 is 2.29 bits per heavy atom. The number of carbonyl (C=O) groups is 1. The van der Waals surface area contributed by atoms with Gasteiger partial charge >= 0.3 is 6.03 Å². The summed E-state index contributed by atoms with van der Waals surface area (Å²) in [5, 5.41) is 14.4. The molecule has 0 saturated carbocycles. The molecule has 0 radical (unpaired) electrons. The van der Waals surface area contributed by atoms with E-state index in [2.05, 4.69) is 10.6 Å². The average Bonchev–Trinajstić information content (AvgIpc) is 2.19. The van der Waals surface area contributed by atoms with E-state index in [-0.39, 0.29) is 17.8 Å². The molecule has 0 saturated heterocycles. The predicted molar refractivity (Wildman–Crippen MR) is 65.0 cm³/mol. The highest BCUT2D eigenvalue weighted by molar-refractivity contribution is 5.74. The Labute approximate surface area is 101 Å². The molecule has 0 aromatic heterocycles. The Morgan fingerprint density at radius 2 is 1.76 bits per heavy atom. The van der Waals surface area contributed by atoms with Gasteiger partial charge in [-0.05, 0) is 45.0 Å². The number of benzene rings is 1. The number of nitrogens with one attached hydrogen (secondary N) is 2. The van der Waals surface area contributed by atoms with Crippen LogP contribution in [0.4, 0.5) is 4.79 Å². The third kappa shape index (κ3) is 5.10. The zero-order valence-corrected chi connectivity index (χ0v) is 10.2. The molecule has 1 rings (SSSR count). The van der Waals surface area contributed by atoms with Gasteiger partial charge in [0.15, 0.2) is 6.23 Å². The predicted octanol–water partition coefficient (Wildman–Crippen LogP) is 1.82. The third-order valence-corrected chi connectivity index (χ3v) is 1.90. The van der Waals surface area contributed by atoms with Gasteiger partial charge in [0.25, 0.3) is 0 Å². The zero-order valence-electron chi connectivity index (χ0n) is 10.2. The molecular formula is C12H18N2O3. The quantitative estimate of drug-likeness (QED) is 0.701. The molecular weight excluding hydrogens is 220 g/mol. The van der Waals surface area contributed by atoms with Crippen molar-refractivity contribution in [3.8, 4) is 11.5 Å². The number of rotatable bonds is 4. The smallest absolute Gasteiger partial charge is 0.317 e. The Bertz CT molecular complexity index is 363. The van der Waals surface area contributed by atoms with Crippen LogP contribution in [0, 0.1) is 0 Å². The average molecular weight is 238 g/mol. The number of urea groups is 1. The molecule has 0 heterocycles. The van der Waals surface area contributed by atoms with Gasteiger partial charge in [-0.15, -0.1) is 0 Å². The maximum atomic E-state index is 11.4. The molecule has 0 aliphatic rings. The number of phenols is 1. The lowest BCUT2D eigenvalue weighted by atomic mass is 10.3. The fourth-order valence-corrected chi connectivity index (χ4v) is 1.25. The van der Waals surface area contributed by atoms with Gasteiger partial charge in [-0.1, -0.05) is 0 Å². The lowest BCUT2D eigenvalue weighted by molar-refractivity contribution is 0.176. The molecule has 2 amide bonds. The highest BCUT2D eigenvalue weighted by Gasteiger charge is 2.08. The zero-order chi connectivity index (χ0) is 12.8. The van der Waals surface area contributed by atoms with Crippen molar-refractivity contribution < 1.29 is 14.6 Å². The summed E-state index contributed by atoms with van der Waals surface area (Å²) in [6, 6.07) is 6.12. The van der Waals surface area contributed by atoms with Crippen LogP contribution in [-0.4, -0.2) is 23.4 Å². The van der Waals surface area contributed by atoms with Crippen molar-refractivity contribution >= 4 is 6.03 Å². The fraction of sp³-hybridized carbons (Fsp3) is 0.417. The number of phenolic OH excluding ortho intramolecular Hbond substituents is 1. The Kier molecular flexibility index (Phi) is 4.63. The van der Waals surface area contributed by atoms with Gasteiger partial charge in [-0.25, -0.2) is 4.79 Å². The second kappa shape index (κ2) is 5.98. The number of carbonyl (C=O) groups excluding carboxylic acids is 1. The van der Waals surface area contributed by atoms with Crippen LogP contribution in [0.15, 0.2) is 24.3 Å². The van der Waals surface area contributed by atoms with E-state index in [4.69, 9.17) is 9.84 Å². The minimum atomic E-state index is -0.446. The maximum Gasteiger partial charge on any atom is 0.317 e. The maximum absolute atomic E-state index is 11.4. The van der Waals surface area contributed by atoms with Crippen molar-refractivity contribution in [2.24, 2.45) is 0 Å². The second-order valence-corrected chi connectivity index (χ2v) is 4.03. The first-order valence-electron chi connectivity index (χ1n) is 5.50. The van der Waals surface area contributed by atoms with Crippen LogP contribution in [0.5, 0.6) is 11.5 Å². The summed E-state index contributed by atoms with van der Waals surface area (Å²) < 4.78 is 5.44. The van der Waals surface area contributed by atoms with Gasteiger partial charge < -0.3 is 20.5 Å². The highest BCUT2D eigenvalue weighted by atomic mass is 16.5. The van der Waals surface area contributed by atoms with E-state index < -0.39 is 6.23 Å². The largest absolute Gasteiger partial charge is 0.508 e. The number of hydrogen-bond acceptors (Lipinski definition) is 3. The van der Waals surface area contributed by atoms with Crippen LogP contribution >= 0.6 is 0 Å². The lowest BCUT2D eigenvalue weighted by Gasteiger charge is -2.17. The van der Waals surface area contributed by atoms with E-state index in [9.17, 15) is 4.79 Å². The van der Waals surface area contributed by atoms with E-state index in [1.807, 2.05) is 13.8 Å².